The number of ether oxygens (including phenoxy) is 1. The Bertz CT molecular complexity index is 818. The van der Waals surface area contributed by atoms with Gasteiger partial charge in [0.2, 0.25) is 0 Å². The molecule has 1 aromatic carbocycles. The predicted octanol–water partition coefficient (Wildman–Crippen LogP) is 4.43. The first-order valence-electron chi connectivity index (χ1n) is 8.17. The molecule has 1 aromatic heterocycles. The van der Waals surface area contributed by atoms with Crippen molar-refractivity contribution in [1.82, 2.24) is 4.68 Å². The van der Waals surface area contributed by atoms with Crippen molar-refractivity contribution >= 4 is 40.3 Å². The summed E-state index contributed by atoms with van der Waals surface area (Å²) in [6, 6.07) is 11.7. The van der Waals surface area contributed by atoms with E-state index in [2.05, 4.69) is 6.92 Å². The molecule has 0 radical (unpaired) electrons. The Hall–Kier alpha value is -2.05. The van der Waals surface area contributed by atoms with Crippen LogP contribution in [-0.4, -0.2) is 21.5 Å². The second-order valence-corrected chi connectivity index (χ2v) is 7.51. The Morgan fingerprint density at radius 3 is 2.36 bits per heavy atom. The van der Waals surface area contributed by atoms with Crippen molar-refractivity contribution in [3.63, 3.8) is 0 Å². The van der Waals surface area contributed by atoms with E-state index in [1.807, 2.05) is 61.0 Å². The average molecular weight is 373 g/mol. The fourth-order valence-corrected chi connectivity index (χ4v) is 3.88. The highest BCUT2D eigenvalue weighted by Crippen LogP contribution is 2.33. The number of aryl methyl sites for hydroxylation is 2. The van der Waals surface area contributed by atoms with Gasteiger partial charge >= 0.3 is 0 Å². The summed E-state index contributed by atoms with van der Waals surface area (Å²) >= 11 is 6.76. The third kappa shape index (κ3) is 3.65. The number of thiocarbonyl (C=S) groups is 1. The number of hydrogen-bond acceptors (Lipinski definition) is 4. The van der Waals surface area contributed by atoms with Crippen LogP contribution < -0.4 is 9.75 Å². The molecule has 1 aliphatic heterocycles. The Balaban J connectivity index is 1.83. The van der Waals surface area contributed by atoms with Crippen LogP contribution in [0.3, 0.4) is 0 Å². The van der Waals surface area contributed by atoms with Gasteiger partial charge in [-0.1, -0.05) is 30.8 Å². The van der Waals surface area contributed by atoms with E-state index < -0.39 is 0 Å². The molecular formula is C19H20N2O2S2. The van der Waals surface area contributed by atoms with Gasteiger partial charge in [-0.05, 0) is 68.4 Å². The lowest BCUT2D eigenvalue weighted by Gasteiger charge is -2.20. The van der Waals surface area contributed by atoms with Crippen LogP contribution in [0, 0.1) is 13.8 Å². The first kappa shape index (κ1) is 17.8. The molecule has 0 aliphatic carbocycles. The van der Waals surface area contributed by atoms with Crippen molar-refractivity contribution in [3.05, 3.63) is 58.3 Å². The largest absolute Gasteiger partial charge is 0.494 e. The zero-order chi connectivity index (χ0) is 18.0. The van der Waals surface area contributed by atoms with Gasteiger partial charge in [-0.25, -0.2) is 0 Å². The van der Waals surface area contributed by atoms with E-state index >= 15 is 0 Å². The Morgan fingerprint density at radius 2 is 1.76 bits per heavy atom. The lowest BCUT2D eigenvalue weighted by atomic mass is 10.2. The van der Waals surface area contributed by atoms with E-state index in [0.29, 0.717) is 15.8 Å². The maximum atomic E-state index is 12.8. The van der Waals surface area contributed by atoms with Crippen molar-refractivity contribution in [2.24, 2.45) is 0 Å². The number of benzene rings is 1. The van der Waals surface area contributed by atoms with Crippen molar-refractivity contribution < 1.29 is 9.53 Å². The number of hydrogen-bond donors (Lipinski definition) is 0. The number of thioether (sulfide) groups is 1. The summed E-state index contributed by atoms with van der Waals surface area (Å²) in [6.07, 6.45) is 2.85. The van der Waals surface area contributed by atoms with Crippen molar-refractivity contribution in [3.8, 4) is 5.75 Å². The minimum atomic E-state index is -0.0938. The second kappa shape index (κ2) is 7.45. The number of rotatable bonds is 5. The van der Waals surface area contributed by atoms with Crippen LogP contribution in [0.5, 0.6) is 5.75 Å². The first-order valence-corrected chi connectivity index (χ1v) is 9.39. The molecule has 0 atom stereocenters. The van der Waals surface area contributed by atoms with Crippen LogP contribution in [0.4, 0.5) is 0 Å². The highest BCUT2D eigenvalue weighted by Gasteiger charge is 2.34. The molecule has 3 rings (SSSR count). The van der Waals surface area contributed by atoms with Crippen LogP contribution in [0.2, 0.25) is 0 Å². The monoisotopic (exact) mass is 372 g/mol. The molecule has 1 fully saturated rings. The summed E-state index contributed by atoms with van der Waals surface area (Å²) in [4.78, 5) is 13.5. The smallest absolute Gasteiger partial charge is 0.285 e. The minimum absolute atomic E-state index is 0.0938. The van der Waals surface area contributed by atoms with Gasteiger partial charge in [0, 0.05) is 11.4 Å². The standard InChI is InChI=1S/C19H20N2O2S2/c1-4-11-23-16-9-7-15(8-10-16)12-17-18(22)21(19(24)25-17)20-13(2)5-6-14(20)3/h5-10,12H,4,11H2,1-3H3/b17-12-. The molecule has 6 heteroatoms. The molecule has 4 nitrogen and oxygen atoms in total. The molecule has 1 saturated heterocycles. The van der Waals surface area contributed by atoms with Crippen LogP contribution in [-0.2, 0) is 4.79 Å². The summed E-state index contributed by atoms with van der Waals surface area (Å²) in [5.41, 5.74) is 2.91. The molecule has 0 unspecified atom stereocenters. The van der Waals surface area contributed by atoms with Crippen LogP contribution in [0.1, 0.15) is 30.3 Å². The van der Waals surface area contributed by atoms with Crippen LogP contribution >= 0.6 is 24.0 Å². The van der Waals surface area contributed by atoms with E-state index in [9.17, 15) is 4.79 Å². The summed E-state index contributed by atoms with van der Waals surface area (Å²) in [5, 5.41) is 1.56. The molecule has 2 aromatic rings. The third-order valence-electron chi connectivity index (χ3n) is 3.86. The van der Waals surface area contributed by atoms with E-state index in [1.54, 1.807) is 5.01 Å². The average Bonchev–Trinajstić information content (AvgIpc) is 3.06. The summed E-state index contributed by atoms with van der Waals surface area (Å²) in [7, 11) is 0. The molecule has 2 heterocycles. The number of aromatic nitrogens is 1. The molecule has 25 heavy (non-hydrogen) atoms. The van der Waals surface area contributed by atoms with Crippen molar-refractivity contribution in [2.45, 2.75) is 27.2 Å². The molecule has 0 spiro atoms. The fraction of sp³-hybridized carbons (Fsp3) is 0.263. The molecule has 1 amide bonds. The zero-order valence-electron chi connectivity index (χ0n) is 14.5. The van der Waals surface area contributed by atoms with E-state index in [4.69, 9.17) is 17.0 Å². The fourth-order valence-electron chi connectivity index (χ4n) is 2.64. The van der Waals surface area contributed by atoms with Gasteiger partial charge < -0.3 is 4.74 Å². The third-order valence-corrected chi connectivity index (χ3v) is 5.14. The second-order valence-electron chi connectivity index (χ2n) is 5.84. The molecule has 0 bridgehead atoms. The zero-order valence-corrected chi connectivity index (χ0v) is 16.1. The summed E-state index contributed by atoms with van der Waals surface area (Å²) in [6.45, 7) is 6.70. The van der Waals surface area contributed by atoms with Gasteiger partial charge in [-0.2, -0.15) is 5.01 Å². The van der Waals surface area contributed by atoms with Crippen molar-refractivity contribution in [2.75, 3.05) is 11.6 Å². The Morgan fingerprint density at radius 1 is 1.12 bits per heavy atom. The van der Waals surface area contributed by atoms with Gasteiger partial charge in [-0.15, -0.1) is 0 Å². The topological polar surface area (TPSA) is 34.5 Å². The maximum absolute atomic E-state index is 12.8. The Labute approximate surface area is 157 Å². The minimum Gasteiger partial charge on any atom is -0.494 e. The molecule has 1 aliphatic rings. The van der Waals surface area contributed by atoms with Gasteiger partial charge in [-0.3, -0.25) is 9.47 Å². The molecule has 0 N–H and O–H groups in total. The number of carbonyl (C=O) groups is 1. The normalized spacial score (nSPS) is 16.1. The summed E-state index contributed by atoms with van der Waals surface area (Å²) < 4.78 is 7.99. The van der Waals surface area contributed by atoms with E-state index in [-0.39, 0.29) is 5.91 Å². The number of amides is 1. The van der Waals surface area contributed by atoms with Gasteiger partial charge in [0.1, 0.15) is 5.75 Å². The number of nitrogens with zero attached hydrogens (tertiary/aromatic N) is 2. The van der Waals surface area contributed by atoms with Gasteiger partial charge in [0.15, 0.2) is 4.32 Å². The van der Waals surface area contributed by atoms with E-state index in [1.165, 1.54) is 11.8 Å². The first-order chi connectivity index (χ1) is 12.0. The predicted molar refractivity (Wildman–Crippen MR) is 108 cm³/mol. The van der Waals surface area contributed by atoms with Crippen molar-refractivity contribution in [1.29, 1.82) is 0 Å². The molecule has 130 valence electrons. The molecular weight excluding hydrogens is 352 g/mol. The lowest BCUT2D eigenvalue weighted by Crippen LogP contribution is -2.39. The quantitative estimate of drug-likeness (QED) is 0.574. The van der Waals surface area contributed by atoms with Crippen LogP contribution in [0.15, 0.2) is 41.3 Å². The summed E-state index contributed by atoms with van der Waals surface area (Å²) in [5.74, 6) is 0.744. The SMILES string of the molecule is CCCOc1ccc(/C=C2\SC(=S)N(n3c(C)ccc3C)C2=O)cc1. The lowest BCUT2D eigenvalue weighted by molar-refractivity contribution is -0.114. The number of carbonyl (C=O) groups excluding carboxylic acids is 1. The highest BCUT2D eigenvalue weighted by molar-refractivity contribution is 8.27. The van der Waals surface area contributed by atoms with Gasteiger partial charge in [0.25, 0.3) is 5.91 Å². The highest BCUT2D eigenvalue weighted by atomic mass is 32.2. The molecule has 0 saturated carbocycles. The Kier molecular flexibility index (Phi) is 5.30. The van der Waals surface area contributed by atoms with E-state index in [0.717, 1.165) is 29.1 Å². The maximum Gasteiger partial charge on any atom is 0.285 e. The van der Waals surface area contributed by atoms with Gasteiger partial charge in [0.05, 0.1) is 11.5 Å². The van der Waals surface area contributed by atoms with Crippen LogP contribution in [0.25, 0.3) is 6.08 Å².